The minimum atomic E-state index is 0.166. The molecule has 0 saturated carbocycles. The molecule has 0 unspecified atom stereocenters. The maximum Gasteiger partial charge on any atom is 0.156 e. The predicted molar refractivity (Wildman–Crippen MR) is 40.2 cm³/mol. The van der Waals surface area contributed by atoms with E-state index >= 15 is 0 Å². The van der Waals surface area contributed by atoms with E-state index in [0.29, 0.717) is 13.0 Å². The van der Waals surface area contributed by atoms with E-state index in [1.54, 1.807) is 0 Å². The molecule has 1 N–H and O–H groups in total. The average Bonchev–Trinajstić information content (AvgIpc) is 1.88. The molecule has 54 valence electrons. The highest BCUT2D eigenvalue weighted by molar-refractivity contribution is 6.72. The van der Waals surface area contributed by atoms with Crippen LogP contribution < -0.4 is 5.32 Å². The molecule has 1 heterocycles. The fraction of sp³-hybridized carbons (Fsp3) is 0.200. The first-order valence-corrected chi connectivity index (χ1v) is 3.30. The highest BCUT2D eigenvalue weighted by atomic mass is 35.5. The SMILES string of the molecule is O=CC1=C(Cl)NCN=C1Cl. The molecule has 5 heteroatoms. The number of rotatable bonds is 1. The molecule has 0 aromatic heterocycles. The molecule has 0 radical (unpaired) electrons. The van der Waals surface area contributed by atoms with Crippen molar-refractivity contribution < 1.29 is 4.79 Å². The van der Waals surface area contributed by atoms with Crippen LogP contribution in [0.2, 0.25) is 0 Å². The Hall–Kier alpha value is -0.540. The van der Waals surface area contributed by atoms with Crippen molar-refractivity contribution >= 4 is 34.7 Å². The van der Waals surface area contributed by atoms with Gasteiger partial charge in [-0.3, -0.25) is 9.79 Å². The maximum absolute atomic E-state index is 10.2. The smallest absolute Gasteiger partial charge is 0.156 e. The number of halogens is 2. The quantitative estimate of drug-likeness (QED) is 0.478. The summed E-state index contributed by atoms with van der Waals surface area (Å²) in [4.78, 5) is 14.0. The number of allylic oxidation sites excluding steroid dienone is 1. The molecule has 0 aliphatic carbocycles. The van der Waals surface area contributed by atoms with Crippen LogP contribution in [0.4, 0.5) is 0 Å². The molecule has 0 spiro atoms. The fourth-order valence-corrected chi connectivity index (χ4v) is 0.991. The van der Waals surface area contributed by atoms with Crippen molar-refractivity contribution in [2.75, 3.05) is 6.67 Å². The van der Waals surface area contributed by atoms with Gasteiger partial charge in [0, 0.05) is 0 Å². The zero-order valence-corrected chi connectivity index (χ0v) is 6.41. The summed E-state index contributed by atoms with van der Waals surface area (Å²) in [7, 11) is 0. The number of hydrogen-bond donors (Lipinski definition) is 1. The Bertz CT molecular complexity index is 222. The largest absolute Gasteiger partial charge is 0.356 e. The van der Waals surface area contributed by atoms with E-state index in [9.17, 15) is 4.79 Å². The molecule has 1 aliphatic heterocycles. The van der Waals surface area contributed by atoms with Crippen LogP contribution in [0.5, 0.6) is 0 Å². The normalized spacial score (nSPS) is 18.0. The van der Waals surface area contributed by atoms with E-state index in [1.807, 2.05) is 0 Å². The van der Waals surface area contributed by atoms with Crippen molar-refractivity contribution in [2.24, 2.45) is 4.99 Å². The highest BCUT2D eigenvalue weighted by Gasteiger charge is 2.12. The van der Waals surface area contributed by atoms with Crippen LogP contribution in [0.3, 0.4) is 0 Å². The standard InChI is InChI=1S/C5H4Cl2N2O/c6-4-3(1-10)5(7)9-2-8-4/h1,8H,2H2. The lowest BCUT2D eigenvalue weighted by Gasteiger charge is -2.09. The Kier molecular flexibility index (Phi) is 2.29. The molecule has 0 fully saturated rings. The van der Waals surface area contributed by atoms with Crippen LogP contribution in [0, 0.1) is 0 Å². The van der Waals surface area contributed by atoms with Crippen molar-refractivity contribution in [2.45, 2.75) is 0 Å². The minimum absolute atomic E-state index is 0.166. The number of nitrogens with one attached hydrogen (secondary N) is 1. The van der Waals surface area contributed by atoms with Gasteiger partial charge in [-0.15, -0.1) is 0 Å². The van der Waals surface area contributed by atoms with Gasteiger partial charge in [-0.25, -0.2) is 0 Å². The van der Waals surface area contributed by atoms with Crippen LogP contribution in [0.1, 0.15) is 0 Å². The second kappa shape index (κ2) is 3.03. The van der Waals surface area contributed by atoms with E-state index < -0.39 is 0 Å². The second-order valence-electron chi connectivity index (χ2n) is 1.63. The van der Waals surface area contributed by atoms with Gasteiger partial charge in [0.2, 0.25) is 0 Å². The van der Waals surface area contributed by atoms with Crippen LogP contribution in [0.25, 0.3) is 0 Å². The van der Waals surface area contributed by atoms with Gasteiger partial charge in [0.05, 0.1) is 5.57 Å². The molecular weight excluding hydrogens is 175 g/mol. The van der Waals surface area contributed by atoms with Crippen LogP contribution in [-0.4, -0.2) is 18.1 Å². The van der Waals surface area contributed by atoms with Gasteiger partial charge >= 0.3 is 0 Å². The van der Waals surface area contributed by atoms with E-state index in [2.05, 4.69) is 10.3 Å². The van der Waals surface area contributed by atoms with Gasteiger partial charge in [0.15, 0.2) is 6.29 Å². The van der Waals surface area contributed by atoms with Gasteiger partial charge in [0.25, 0.3) is 0 Å². The van der Waals surface area contributed by atoms with Gasteiger partial charge in [-0.2, -0.15) is 0 Å². The fourth-order valence-electron chi connectivity index (χ4n) is 0.550. The molecule has 10 heavy (non-hydrogen) atoms. The lowest BCUT2D eigenvalue weighted by molar-refractivity contribution is -0.104. The van der Waals surface area contributed by atoms with Crippen molar-refractivity contribution in [1.29, 1.82) is 0 Å². The van der Waals surface area contributed by atoms with Crippen LogP contribution in [-0.2, 0) is 4.79 Å². The first kappa shape index (κ1) is 7.57. The number of hydrogen-bond acceptors (Lipinski definition) is 3. The monoisotopic (exact) mass is 178 g/mol. The topological polar surface area (TPSA) is 41.5 Å². The van der Waals surface area contributed by atoms with Crippen molar-refractivity contribution in [3.63, 3.8) is 0 Å². The third-order valence-corrected chi connectivity index (χ3v) is 1.69. The van der Waals surface area contributed by atoms with E-state index in [1.165, 1.54) is 0 Å². The lowest BCUT2D eigenvalue weighted by Crippen LogP contribution is -2.20. The van der Waals surface area contributed by atoms with Gasteiger partial charge in [-0.05, 0) is 0 Å². The molecule has 0 aromatic rings. The Morgan fingerprint density at radius 3 is 2.70 bits per heavy atom. The van der Waals surface area contributed by atoms with Gasteiger partial charge < -0.3 is 5.32 Å². The third kappa shape index (κ3) is 1.30. The zero-order chi connectivity index (χ0) is 7.56. The molecule has 0 aromatic carbocycles. The summed E-state index contributed by atoms with van der Waals surface area (Å²) in [5.41, 5.74) is 0.217. The summed E-state index contributed by atoms with van der Waals surface area (Å²) in [6.45, 7) is 0.328. The second-order valence-corrected chi connectivity index (χ2v) is 2.37. The zero-order valence-electron chi connectivity index (χ0n) is 4.90. The minimum Gasteiger partial charge on any atom is -0.356 e. The number of nitrogens with zero attached hydrogens (tertiary/aromatic N) is 1. The number of aldehydes is 1. The number of carbonyl (C=O) groups excluding carboxylic acids is 1. The summed E-state index contributed by atoms with van der Waals surface area (Å²) >= 11 is 11.1. The number of carbonyl (C=O) groups is 1. The van der Waals surface area contributed by atoms with Crippen molar-refractivity contribution in [3.8, 4) is 0 Å². The van der Waals surface area contributed by atoms with Gasteiger partial charge in [-0.1, -0.05) is 23.2 Å². The summed E-state index contributed by atoms with van der Waals surface area (Å²) in [6, 6.07) is 0. The molecule has 0 atom stereocenters. The summed E-state index contributed by atoms with van der Waals surface area (Å²) in [6.07, 6.45) is 0.570. The highest BCUT2D eigenvalue weighted by Crippen LogP contribution is 2.12. The Morgan fingerprint density at radius 1 is 1.60 bits per heavy atom. The molecule has 0 bridgehead atoms. The van der Waals surface area contributed by atoms with Crippen molar-refractivity contribution in [1.82, 2.24) is 5.32 Å². The van der Waals surface area contributed by atoms with E-state index in [-0.39, 0.29) is 15.9 Å². The van der Waals surface area contributed by atoms with E-state index in [0.717, 1.165) is 0 Å². The summed E-state index contributed by atoms with van der Waals surface area (Å²) in [5.74, 6) is 0. The first-order chi connectivity index (χ1) is 4.75. The Labute approximate surface area is 67.7 Å². The van der Waals surface area contributed by atoms with E-state index in [4.69, 9.17) is 23.2 Å². The molecule has 1 aliphatic rings. The van der Waals surface area contributed by atoms with Crippen LogP contribution in [0.15, 0.2) is 15.7 Å². The van der Waals surface area contributed by atoms with Crippen LogP contribution >= 0.6 is 23.2 Å². The number of aliphatic imine (C=N–C) groups is 1. The Morgan fingerprint density at radius 2 is 2.30 bits per heavy atom. The molecular formula is C5H4Cl2N2O. The molecule has 1 rings (SSSR count). The van der Waals surface area contributed by atoms with Gasteiger partial charge in [0.1, 0.15) is 17.0 Å². The predicted octanol–water partition coefficient (Wildman–Crippen LogP) is 0.834. The summed E-state index contributed by atoms with van der Waals surface area (Å²) < 4.78 is 0. The molecule has 3 nitrogen and oxygen atoms in total. The lowest BCUT2D eigenvalue weighted by atomic mass is 10.3. The maximum atomic E-state index is 10.2. The third-order valence-electron chi connectivity index (χ3n) is 1.03. The molecule has 0 amide bonds. The molecule has 0 saturated heterocycles. The average molecular weight is 179 g/mol. The van der Waals surface area contributed by atoms with Crippen molar-refractivity contribution in [3.05, 3.63) is 10.7 Å². The first-order valence-electron chi connectivity index (χ1n) is 2.55. The summed E-state index contributed by atoms with van der Waals surface area (Å²) in [5, 5.41) is 3.08. The Balaban J connectivity index is 2.97.